The molecule has 2 unspecified atom stereocenters. The van der Waals surface area contributed by atoms with E-state index in [0.717, 1.165) is 31.6 Å². The highest BCUT2D eigenvalue weighted by Crippen LogP contribution is 2.33. The van der Waals surface area contributed by atoms with Gasteiger partial charge in [-0.15, -0.1) is 0 Å². The Morgan fingerprint density at radius 2 is 2.16 bits per heavy atom. The Morgan fingerprint density at radius 1 is 1.37 bits per heavy atom. The zero-order chi connectivity index (χ0) is 13.4. The molecule has 0 radical (unpaired) electrons. The number of benzene rings is 1. The van der Waals surface area contributed by atoms with E-state index in [-0.39, 0.29) is 0 Å². The molecule has 2 aliphatic heterocycles. The molecule has 1 amide bonds. The summed E-state index contributed by atoms with van der Waals surface area (Å²) in [6.07, 6.45) is 2.85. The van der Waals surface area contributed by atoms with Gasteiger partial charge in [0.2, 0.25) is 5.91 Å². The number of hydrogen-bond acceptors (Lipinski definition) is 2. The van der Waals surface area contributed by atoms with Crippen molar-refractivity contribution in [3.05, 3.63) is 29.8 Å². The van der Waals surface area contributed by atoms with Gasteiger partial charge in [0.05, 0.1) is 0 Å². The second-order valence-corrected chi connectivity index (χ2v) is 6.07. The second kappa shape index (κ2) is 4.97. The van der Waals surface area contributed by atoms with E-state index in [1.807, 2.05) is 11.0 Å². The summed E-state index contributed by atoms with van der Waals surface area (Å²) in [5.41, 5.74) is 2.44. The average Bonchev–Trinajstić information content (AvgIpc) is 2.91. The van der Waals surface area contributed by atoms with Gasteiger partial charge in [-0.3, -0.25) is 4.79 Å². The maximum atomic E-state index is 12.6. The molecule has 1 fully saturated rings. The van der Waals surface area contributed by atoms with Gasteiger partial charge in [0.15, 0.2) is 0 Å². The van der Waals surface area contributed by atoms with Gasteiger partial charge < -0.3 is 9.80 Å². The predicted octanol–water partition coefficient (Wildman–Crippen LogP) is 2.31. The fourth-order valence-corrected chi connectivity index (χ4v) is 3.48. The minimum absolute atomic E-state index is 0.303. The fraction of sp³-hybridized carbons (Fsp3) is 0.562. The number of nitrogens with zero attached hydrogens (tertiary/aromatic N) is 2. The molecule has 2 heterocycles. The van der Waals surface area contributed by atoms with E-state index in [0.29, 0.717) is 24.3 Å². The number of carbonyl (C=O) groups excluding carboxylic acids is 1. The van der Waals surface area contributed by atoms with Crippen LogP contribution < -0.4 is 4.90 Å². The van der Waals surface area contributed by atoms with Crippen molar-refractivity contribution in [2.75, 3.05) is 25.0 Å². The van der Waals surface area contributed by atoms with E-state index < -0.39 is 0 Å². The van der Waals surface area contributed by atoms with Crippen molar-refractivity contribution in [2.45, 2.75) is 32.2 Å². The molecule has 19 heavy (non-hydrogen) atoms. The zero-order valence-electron chi connectivity index (χ0n) is 11.8. The Bertz CT molecular complexity index is 485. The minimum atomic E-state index is 0.303. The van der Waals surface area contributed by atoms with Crippen molar-refractivity contribution in [3.8, 4) is 0 Å². The van der Waals surface area contributed by atoms with Crippen molar-refractivity contribution in [2.24, 2.45) is 5.92 Å². The molecular formula is C16H22N2O. The highest BCUT2D eigenvalue weighted by Gasteiger charge is 2.32. The molecule has 2 aliphatic rings. The van der Waals surface area contributed by atoms with E-state index in [4.69, 9.17) is 0 Å². The lowest BCUT2D eigenvalue weighted by Crippen LogP contribution is -2.37. The summed E-state index contributed by atoms with van der Waals surface area (Å²) in [4.78, 5) is 16.9. The van der Waals surface area contributed by atoms with Crippen LogP contribution in [0.15, 0.2) is 24.3 Å². The first-order chi connectivity index (χ1) is 9.15. The van der Waals surface area contributed by atoms with Gasteiger partial charge in [-0.2, -0.15) is 0 Å². The topological polar surface area (TPSA) is 23.6 Å². The first-order valence-corrected chi connectivity index (χ1v) is 7.23. The summed E-state index contributed by atoms with van der Waals surface area (Å²) in [5.74, 6) is 0.843. The number of para-hydroxylation sites is 1. The summed E-state index contributed by atoms with van der Waals surface area (Å²) in [7, 11) is 2.14. The Kier molecular flexibility index (Phi) is 3.31. The standard InChI is InChI=1S/C16H22N2O/c1-12-9-14-5-3-4-6-15(14)18(12)16(19)10-13-7-8-17(2)11-13/h3-6,12-13H,7-11H2,1-2H3. The first-order valence-electron chi connectivity index (χ1n) is 7.23. The molecule has 2 atom stereocenters. The maximum Gasteiger partial charge on any atom is 0.227 e. The summed E-state index contributed by atoms with van der Waals surface area (Å²) in [5, 5.41) is 0. The number of fused-ring (bicyclic) bond motifs is 1. The molecule has 1 saturated heterocycles. The largest absolute Gasteiger partial charge is 0.309 e. The summed E-state index contributed by atoms with van der Waals surface area (Å²) in [6.45, 7) is 4.35. The molecular weight excluding hydrogens is 236 g/mol. The van der Waals surface area contributed by atoms with Crippen molar-refractivity contribution >= 4 is 11.6 Å². The number of likely N-dealkylation sites (tertiary alicyclic amines) is 1. The SMILES string of the molecule is CC1Cc2ccccc2N1C(=O)CC1CCN(C)C1. The highest BCUT2D eigenvalue weighted by atomic mass is 16.2. The second-order valence-electron chi connectivity index (χ2n) is 6.07. The van der Waals surface area contributed by atoms with E-state index in [1.54, 1.807) is 0 Å². The van der Waals surface area contributed by atoms with Crippen LogP contribution in [0.5, 0.6) is 0 Å². The van der Waals surface area contributed by atoms with Crippen LogP contribution >= 0.6 is 0 Å². The maximum absolute atomic E-state index is 12.6. The molecule has 0 aliphatic carbocycles. The molecule has 0 saturated carbocycles. The van der Waals surface area contributed by atoms with Gasteiger partial charge in [-0.1, -0.05) is 18.2 Å². The Hall–Kier alpha value is -1.35. The fourth-order valence-electron chi connectivity index (χ4n) is 3.48. The molecule has 0 aromatic heterocycles. The predicted molar refractivity (Wildman–Crippen MR) is 77.3 cm³/mol. The quantitative estimate of drug-likeness (QED) is 0.812. The molecule has 1 aromatic rings. The van der Waals surface area contributed by atoms with E-state index in [1.165, 1.54) is 5.56 Å². The number of carbonyl (C=O) groups is 1. The first kappa shape index (κ1) is 12.7. The van der Waals surface area contributed by atoms with Crippen LogP contribution in [-0.4, -0.2) is 37.0 Å². The van der Waals surface area contributed by atoms with Crippen molar-refractivity contribution < 1.29 is 4.79 Å². The minimum Gasteiger partial charge on any atom is -0.309 e. The molecule has 0 bridgehead atoms. The van der Waals surface area contributed by atoms with Crippen molar-refractivity contribution in [1.82, 2.24) is 4.90 Å². The summed E-state index contributed by atoms with van der Waals surface area (Å²) >= 11 is 0. The normalized spacial score (nSPS) is 26.7. The monoisotopic (exact) mass is 258 g/mol. The third-order valence-electron chi connectivity index (χ3n) is 4.43. The number of rotatable bonds is 2. The molecule has 3 nitrogen and oxygen atoms in total. The lowest BCUT2D eigenvalue weighted by molar-refractivity contribution is -0.119. The van der Waals surface area contributed by atoms with Crippen LogP contribution in [0.4, 0.5) is 5.69 Å². The third-order valence-corrected chi connectivity index (χ3v) is 4.43. The molecule has 102 valence electrons. The molecule has 3 heteroatoms. The Labute approximate surface area is 115 Å². The smallest absolute Gasteiger partial charge is 0.227 e. The van der Waals surface area contributed by atoms with Crippen molar-refractivity contribution in [3.63, 3.8) is 0 Å². The van der Waals surface area contributed by atoms with Gasteiger partial charge in [-0.05, 0) is 50.9 Å². The van der Waals surface area contributed by atoms with Crippen LogP contribution in [-0.2, 0) is 11.2 Å². The molecule has 1 aromatic carbocycles. The van der Waals surface area contributed by atoms with Gasteiger partial charge in [-0.25, -0.2) is 0 Å². The third kappa shape index (κ3) is 2.39. The summed E-state index contributed by atoms with van der Waals surface area (Å²) < 4.78 is 0. The van der Waals surface area contributed by atoms with Gasteiger partial charge in [0.25, 0.3) is 0 Å². The van der Waals surface area contributed by atoms with Gasteiger partial charge in [0, 0.05) is 24.7 Å². The van der Waals surface area contributed by atoms with Crippen LogP contribution in [0.3, 0.4) is 0 Å². The molecule has 3 rings (SSSR count). The van der Waals surface area contributed by atoms with Gasteiger partial charge in [0.1, 0.15) is 0 Å². The van der Waals surface area contributed by atoms with E-state index in [9.17, 15) is 4.79 Å². The van der Waals surface area contributed by atoms with Gasteiger partial charge >= 0.3 is 0 Å². The van der Waals surface area contributed by atoms with Crippen molar-refractivity contribution in [1.29, 1.82) is 0 Å². The lowest BCUT2D eigenvalue weighted by atomic mass is 10.0. The lowest BCUT2D eigenvalue weighted by Gasteiger charge is -2.24. The summed E-state index contributed by atoms with van der Waals surface area (Å²) in [6, 6.07) is 8.62. The zero-order valence-corrected chi connectivity index (χ0v) is 11.8. The average molecular weight is 258 g/mol. The Balaban J connectivity index is 1.73. The van der Waals surface area contributed by atoms with E-state index >= 15 is 0 Å². The Morgan fingerprint density at radius 3 is 2.89 bits per heavy atom. The van der Waals surface area contributed by atoms with Crippen LogP contribution in [0, 0.1) is 5.92 Å². The van der Waals surface area contributed by atoms with E-state index in [2.05, 4.69) is 37.1 Å². The highest BCUT2D eigenvalue weighted by molar-refractivity contribution is 5.96. The van der Waals surface area contributed by atoms with Crippen LogP contribution in [0.2, 0.25) is 0 Å². The molecule has 0 N–H and O–H groups in total. The van der Waals surface area contributed by atoms with Crippen LogP contribution in [0.1, 0.15) is 25.3 Å². The number of anilines is 1. The number of amides is 1. The van der Waals surface area contributed by atoms with Crippen LogP contribution in [0.25, 0.3) is 0 Å². The molecule has 0 spiro atoms. The number of hydrogen-bond donors (Lipinski definition) is 0.